The van der Waals surface area contributed by atoms with Gasteiger partial charge in [0.2, 0.25) is 0 Å². The second-order valence-electron chi connectivity index (χ2n) is 0.853. The Kier molecular flexibility index (Phi) is 1.22. The molecule has 0 spiro atoms. The van der Waals surface area contributed by atoms with Crippen LogP contribution >= 0.6 is 23.5 Å². The van der Waals surface area contributed by atoms with E-state index in [-0.39, 0.29) is 0 Å². The van der Waals surface area contributed by atoms with Crippen LogP contribution in [0.15, 0.2) is 5.10 Å². The van der Waals surface area contributed by atoms with E-state index in [4.69, 9.17) is 11.8 Å². The molecule has 6 heavy (non-hydrogen) atoms. The SMILES string of the molecule is ClN1CSC=N1. The van der Waals surface area contributed by atoms with E-state index < -0.39 is 0 Å². The van der Waals surface area contributed by atoms with E-state index >= 15 is 0 Å². The predicted octanol–water partition coefficient (Wildman–Crippen LogP) is 1.09. The van der Waals surface area contributed by atoms with Gasteiger partial charge < -0.3 is 0 Å². The van der Waals surface area contributed by atoms with Crippen LogP contribution < -0.4 is 0 Å². The van der Waals surface area contributed by atoms with Crippen molar-refractivity contribution >= 4 is 29.1 Å². The molecule has 0 aromatic carbocycles. The Hall–Kier alpha value is 0.110. The summed E-state index contributed by atoms with van der Waals surface area (Å²) >= 11 is 6.91. The highest BCUT2D eigenvalue weighted by Gasteiger charge is 1.98. The van der Waals surface area contributed by atoms with Crippen molar-refractivity contribution in [2.75, 3.05) is 5.88 Å². The van der Waals surface area contributed by atoms with E-state index in [1.807, 2.05) is 0 Å². The number of thioether (sulfide) groups is 1. The maximum atomic E-state index is 5.33. The lowest BCUT2D eigenvalue weighted by atomic mass is 11.5. The first-order valence-corrected chi connectivity index (χ1v) is 2.85. The summed E-state index contributed by atoms with van der Waals surface area (Å²) in [7, 11) is 0. The summed E-state index contributed by atoms with van der Waals surface area (Å²) in [6.07, 6.45) is 0. The molecule has 0 aromatic heterocycles. The Morgan fingerprint density at radius 1 is 2.00 bits per heavy atom. The molecule has 0 aromatic rings. The van der Waals surface area contributed by atoms with Gasteiger partial charge in [0.15, 0.2) is 0 Å². The molecule has 0 amide bonds. The fourth-order valence-electron chi connectivity index (χ4n) is 0.213. The van der Waals surface area contributed by atoms with Crippen molar-refractivity contribution in [2.24, 2.45) is 5.10 Å². The summed E-state index contributed by atoms with van der Waals surface area (Å²) in [6.45, 7) is 0. The van der Waals surface area contributed by atoms with Gasteiger partial charge in [-0.05, 0) is 0 Å². The largest absolute Gasteiger partial charge is 0.195 e. The molecule has 4 heteroatoms. The van der Waals surface area contributed by atoms with Gasteiger partial charge >= 0.3 is 0 Å². The first-order valence-electron chi connectivity index (χ1n) is 1.47. The van der Waals surface area contributed by atoms with Crippen LogP contribution in [-0.2, 0) is 0 Å². The Morgan fingerprint density at radius 2 is 2.83 bits per heavy atom. The van der Waals surface area contributed by atoms with Crippen molar-refractivity contribution in [3.8, 4) is 0 Å². The summed E-state index contributed by atoms with van der Waals surface area (Å²) < 4.78 is 1.37. The summed E-state index contributed by atoms with van der Waals surface area (Å²) in [5.41, 5.74) is 1.72. The molecule has 0 bridgehead atoms. The molecule has 0 saturated heterocycles. The second-order valence-corrected chi connectivity index (χ2v) is 2.05. The minimum absolute atomic E-state index is 0.779. The third-order valence-corrected chi connectivity index (χ3v) is 1.41. The maximum absolute atomic E-state index is 5.33. The van der Waals surface area contributed by atoms with Crippen molar-refractivity contribution in [1.82, 2.24) is 4.53 Å². The van der Waals surface area contributed by atoms with E-state index in [9.17, 15) is 0 Å². The van der Waals surface area contributed by atoms with Gasteiger partial charge in [0, 0.05) is 11.8 Å². The van der Waals surface area contributed by atoms with E-state index in [0.29, 0.717) is 0 Å². The number of hydrazone groups is 1. The monoisotopic (exact) mass is 122 g/mol. The lowest BCUT2D eigenvalue weighted by molar-refractivity contribution is 0.588. The molecule has 0 aliphatic carbocycles. The van der Waals surface area contributed by atoms with Crippen LogP contribution in [0.25, 0.3) is 0 Å². The molecule has 0 saturated carbocycles. The van der Waals surface area contributed by atoms with Gasteiger partial charge in [-0.3, -0.25) is 0 Å². The molecule has 1 rings (SSSR count). The van der Waals surface area contributed by atoms with Crippen LogP contribution in [0.4, 0.5) is 0 Å². The highest BCUT2D eigenvalue weighted by atomic mass is 35.5. The van der Waals surface area contributed by atoms with Crippen molar-refractivity contribution in [3.05, 3.63) is 0 Å². The first kappa shape index (κ1) is 4.27. The van der Waals surface area contributed by atoms with Gasteiger partial charge in [0.25, 0.3) is 0 Å². The summed E-state index contributed by atoms with van der Waals surface area (Å²) in [5.74, 6) is 0.779. The fraction of sp³-hybridized carbons (Fsp3) is 0.500. The quantitative estimate of drug-likeness (QED) is 0.447. The molecule has 0 unspecified atom stereocenters. The van der Waals surface area contributed by atoms with Crippen LogP contribution in [0.2, 0.25) is 0 Å². The van der Waals surface area contributed by atoms with Gasteiger partial charge in [0.05, 0.1) is 5.55 Å². The average Bonchev–Trinajstić information content (AvgIpc) is 1.86. The number of hydrogen-bond acceptors (Lipinski definition) is 3. The molecule has 0 N–H and O–H groups in total. The number of hydrogen-bond donors (Lipinski definition) is 0. The minimum Gasteiger partial charge on any atom is -0.195 e. The summed E-state index contributed by atoms with van der Waals surface area (Å²) in [5, 5.41) is 3.67. The number of rotatable bonds is 0. The molecule has 1 aliphatic heterocycles. The van der Waals surface area contributed by atoms with Crippen LogP contribution in [0, 0.1) is 0 Å². The molecular weight excluding hydrogens is 120 g/mol. The molecule has 1 heterocycles. The maximum Gasteiger partial charge on any atom is 0.105 e. The standard InChI is InChI=1S/C2H3ClN2S/c3-5-2-6-1-4-5/h1H,2H2. The van der Waals surface area contributed by atoms with Crippen LogP contribution in [-0.4, -0.2) is 16.0 Å². The van der Waals surface area contributed by atoms with Crippen LogP contribution in [0.1, 0.15) is 0 Å². The van der Waals surface area contributed by atoms with Gasteiger partial charge in [-0.25, -0.2) is 0 Å². The third-order valence-electron chi connectivity index (χ3n) is 0.428. The van der Waals surface area contributed by atoms with E-state index in [0.717, 1.165) is 5.88 Å². The fourth-order valence-corrected chi connectivity index (χ4v) is 0.914. The molecule has 1 aliphatic rings. The second kappa shape index (κ2) is 1.71. The predicted molar refractivity (Wildman–Crippen MR) is 28.6 cm³/mol. The highest BCUT2D eigenvalue weighted by Crippen LogP contribution is 2.10. The smallest absolute Gasteiger partial charge is 0.105 e. The molecular formula is C2H3ClN2S. The van der Waals surface area contributed by atoms with E-state index in [2.05, 4.69) is 5.10 Å². The molecule has 0 fully saturated rings. The van der Waals surface area contributed by atoms with Crippen LogP contribution in [0.5, 0.6) is 0 Å². The zero-order chi connectivity index (χ0) is 4.41. The average molecular weight is 123 g/mol. The molecule has 2 nitrogen and oxygen atoms in total. The van der Waals surface area contributed by atoms with E-state index in [1.165, 1.54) is 4.53 Å². The Labute approximate surface area is 45.3 Å². The summed E-state index contributed by atoms with van der Waals surface area (Å²) in [6, 6.07) is 0. The topological polar surface area (TPSA) is 15.6 Å². The van der Waals surface area contributed by atoms with Gasteiger partial charge in [-0.2, -0.15) is 9.63 Å². The van der Waals surface area contributed by atoms with Gasteiger partial charge in [0.1, 0.15) is 5.88 Å². The van der Waals surface area contributed by atoms with Crippen LogP contribution in [0.3, 0.4) is 0 Å². The zero-order valence-corrected chi connectivity index (χ0v) is 4.54. The lowest BCUT2D eigenvalue weighted by Crippen LogP contribution is -1.93. The van der Waals surface area contributed by atoms with Crippen molar-refractivity contribution in [1.29, 1.82) is 0 Å². The molecule has 34 valence electrons. The zero-order valence-electron chi connectivity index (χ0n) is 2.97. The Morgan fingerprint density at radius 3 is 3.00 bits per heavy atom. The molecule has 0 atom stereocenters. The highest BCUT2D eigenvalue weighted by molar-refractivity contribution is 8.12. The lowest BCUT2D eigenvalue weighted by Gasteiger charge is -1.93. The summed E-state index contributed by atoms with van der Waals surface area (Å²) in [4.78, 5) is 0. The third kappa shape index (κ3) is 0.786. The van der Waals surface area contributed by atoms with Crippen molar-refractivity contribution in [3.63, 3.8) is 0 Å². The van der Waals surface area contributed by atoms with E-state index in [1.54, 1.807) is 17.3 Å². The van der Waals surface area contributed by atoms with Gasteiger partial charge in [-0.15, -0.1) is 0 Å². The van der Waals surface area contributed by atoms with Gasteiger partial charge in [-0.1, -0.05) is 11.8 Å². The number of nitrogens with zero attached hydrogens (tertiary/aromatic N) is 2. The normalized spacial score (nSPS) is 19.8. The molecule has 0 radical (unpaired) electrons. The Bertz CT molecular complexity index is 73.9. The number of halogens is 1. The minimum atomic E-state index is 0.779. The first-order chi connectivity index (χ1) is 2.89. The Balaban J connectivity index is 2.38. The van der Waals surface area contributed by atoms with Crippen molar-refractivity contribution < 1.29 is 0 Å². The van der Waals surface area contributed by atoms with Crippen molar-refractivity contribution in [2.45, 2.75) is 0 Å².